The van der Waals surface area contributed by atoms with Crippen molar-refractivity contribution in [3.05, 3.63) is 54.1 Å². The van der Waals surface area contributed by atoms with Gasteiger partial charge < -0.3 is 9.67 Å². The first kappa shape index (κ1) is 15.7. The highest BCUT2D eigenvalue weighted by Crippen LogP contribution is 2.22. The highest BCUT2D eigenvalue weighted by Gasteiger charge is 2.15. The standard InChI is InChI=1S/C17H25N3O/c1-15-18-10-13-20(15)12-6-11-19(2)17(9-14-21)16-7-4-3-5-8-16/h3-5,7-8,10,13,17,21H,6,9,11-12,14H2,1-2H3. The monoisotopic (exact) mass is 287 g/mol. The molecule has 0 aliphatic rings. The Morgan fingerprint density at radius 2 is 2.05 bits per heavy atom. The zero-order valence-corrected chi connectivity index (χ0v) is 12.9. The highest BCUT2D eigenvalue weighted by atomic mass is 16.3. The summed E-state index contributed by atoms with van der Waals surface area (Å²) >= 11 is 0. The van der Waals surface area contributed by atoms with Crippen molar-refractivity contribution in [2.75, 3.05) is 20.2 Å². The Labute approximate surface area is 127 Å². The molecule has 4 nitrogen and oxygen atoms in total. The predicted molar refractivity (Wildman–Crippen MR) is 85.1 cm³/mol. The Morgan fingerprint density at radius 3 is 2.67 bits per heavy atom. The molecule has 0 aliphatic heterocycles. The van der Waals surface area contributed by atoms with Crippen molar-refractivity contribution in [1.82, 2.24) is 14.5 Å². The van der Waals surface area contributed by atoms with Crippen LogP contribution in [-0.4, -0.2) is 39.8 Å². The molecule has 0 fully saturated rings. The second-order valence-electron chi connectivity index (χ2n) is 5.44. The number of rotatable bonds is 8. The van der Waals surface area contributed by atoms with E-state index in [0.29, 0.717) is 0 Å². The molecule has 0 saturated carbocycles. The van der Waals surface area contributed by atoms with E-state index in [-0.39, 0.29) is 12.6 Å². The molecule has 21 heavy (non-hydrogen) atoms. The van der Waals surface area contributed by atoms with Gasteiger partial charge in [-0.2, -0.15) is 0 Å². The predicted octanol–water partition coefficient (Wildman–Crippen LogP) is 2.64. The lowest BCUT2D eigenvalue weighted by Crippen LogP contribution is -2.27. The second kappa shape index (κ2) is 7.96. The Morgan fingerprint density at radius 1 is 1.29 bits per heavy atom. The maximum atomic E-state index is 9.32. The molecule has 0 radical (unpaired) electrons. The fourth-order valence-electron chi connectivity index (χ4n) is 2.73. The SMILES string of the molecule is Cc1nccn1CCCN(C)C(CCO)c1ccccc1. The minimum Gasteiger partial charge on any atom is -0.396 e. The van der Waals surface area contributed by atoms with Gasteiger partial charge in [0.2, 0.25) is 0 Å². The molecule has 4 heteroatoms. The summed E-state index contributed by atoms with van der Waals surface area (Å²) in [4.78, 5) is 6.57. The number of aromatic nitrogens is 2. The molecule has 1 heterocycles. The number of aliphatic hydroxyl groups is 1. The van der Waals surface area contributed by atoms with E-state index in [9.17, 15) is 5.11 Å². The largest absolute Gasteiger partial charge is 0.396 e. The molecule has 0 spiro atoms. The van der Waals surface area contributed by atoms with Crippen molar-refractivity contribution < 1.29 is 5.11 Å². The topological polar surface area (TPSA) is 41.3 Å². The zero-order valence-electron chi connectivity index (χ0n) is 12.9. The Hall–Kier alpha value is -1.65. The molecule has 1 atom stereocenters. The third-order valence-corrected chi connectivity index (χ3v) is 3.95. The molecular weight excluding hydrogens is 262 g/mol. The summed E-state index contributed by atoms with van der Waals surface area (Å²) in [7, 11) is 2.13. The van der Waals surface area contributed by atoms with Gasteiger partial charge in [-0.05, 0) is 32.4 Å². The van der Waals surface area contributed by atoms with Crippen LogP contribution in [0.25, 0.3) is 0 Å². The van der Waals surface area contributed by atoms with Crippen LogP contribution in [0.4, 0.5) is 0 Å². The first-order valence-electron chi connectivity index (χ1n) is 7.56. The van der Waals surface area contributed by atoms with E-state index in [1.54, 1.807) is 0 Å². The fraction of sp³-hybridized carbons (Fsp3) is 0.471. The molecule has 1 N–H and O–H groups in total. The average molecular weight is 287 g/mol. The minimum absolute atomic E-state index is 0.213. The van der Waals surface area contributed by atoms with Gasteiger partial charge in [0.1, 0.15) is 5.82 Å². The van der Waals surface area contributed by atoms with E-state index in [0.717, 1.165) is 31.8 Å². The number of hydrogen-bond donors (Lipinski definition) is 1. The summed E-state index contributed by atoms with van der Waals surface area (Å²) in [5.74, 6) is 1.06. The third-order valence-electron chi connectivity index (χ3n) is 3.95. The molecule has 114 valence electrons. The van der Waals surface area contributed by atoms with Crippen LogP contribution in [0.3, 0.4) is 0 Å². The number of aryl methyl sites for hydroxylation is 2. The smallest absolute Gasteiger partial charge is 0.105 e. The number of hydrogen-bond acceptors (Lipinski definition) is 3. The van der Waals surface area contributed by atoms with Crippen LogP contribution in [0.1, 0.15) is 30.3 Å². The van der Waals surface area contributed by atoms with Gasteiger partial charge in [-0.3, -0.25) is 4.90 Å². The second-order valence-corrected chi connectivity index (χ2v) is 5.44. The van der Waals surface area contributed by atoms with E-state index in [1.807, 2.05) is 25.4 Å². The van der Waals surface area contributed by atoms with Crippen molar-refractivity contribution in [1.29, 1.82) is 0 Å². The maximum absolute atomic E-state index is 9.32. The van der Waals surface area contributed by atoms with E-state index in [1.165, 1.54) is 5.56 Å². The van der Waals surface area contributed by atoms with Gasteiger partial charge in [0.05, 0.1) is 0 Å². The van der Waals surface area contributed by atoms with E-state index < -0.39 is 0 Å². The van der Waals surface area contributed by atoms with Crippen LogP contribution in [-0.2, 0) is 6.54 Å². The van der Waals surface area contributed by atoms with Gasteiger partial charge in [-0.1, -0.05) is 30.3 Å². The van der Waals surface area contributed by atoms with Gasteiger partial charge in [0.15, 0.2) is 0 Å². The Balaban J connectivity index is 1.90. The summed E-state index contributed by atoms with van der Waals surface area (Å²) in [6, 6.07) is 10.7. The van der Waals surface area contributed by atoms with Crippen molar-refractivity contribution in [2.24, 2.45) is 0 Å². The molecule has 0 bridgehead atoms. The van der Waals surface area contributed by atoms with Crippen LogP contribution < -0.4 is 0 Å². The Kier molecular flexibility index (Phi) is 5.96. The summed E-state index contributed by atoms with van der Waals surface area (Å²) in [5, 5.41) is 9.32. The molecule has 1 unspecified atom stereocenters. The molecule has 1 aromatic carbocycles. The van der Waals surface area contributed by atoms with Gasteiger partial charge in [-0.15, -0.1) is 0 Å². The molecule has 0 saturated heterocycles. The highest BCUT2D eigenvalue weighted by molar-refractivity contribution is 5.18. The van der Waals surface area contributed by atoms with Crippen LogP contribution in [0.2, 0.25) is 0 Å². The minimum atomic E-state index is 0.213. The molecule has 2 rings (SSSR count). The lowest BCUT2D eigenvalue weighted by molar-refractivity contribution is 0.182. The van der Waals surface area contributed by atoms with E-state index >= 15 is 0 Å². The number of aliphatic hydroxyl groups excluding tert-OH is 1. The van der Waals surface area contributed by atoms with Crippen LogP contribution >= 0.6 is 0 Å². The third kappa shape index (κ3) is 4.41. The molecule has 0 amide bonds. The maximum Gasteiger partial charge on any atom is 0.105 e. The van der Waals surface area contributed by atoms with Crippen molar-refractivity contribution >= 4 is 0 Å². The van der Waals surface area contributed by atoms with Crippen LogP contribution in [0.15, 0.2) is 42.7 Å². The van der Waals surface area contributed by atoms with Crippen LogP contribution in [0.5, 0.6) is 0 Å². The fourth-order valence-corrected chi connectivity index (χ4v) is 2.73. The lowest BCUT2D eigenvalue weighted by Gasteiger charge is -2.28. The van der Waals surface area contributed by atoms with Gasteiger partial charge >= 0.3 is 0 Å². The summed E-state index contributed by atoms with van der Waals surface area (Å²) in [6.45, 7) is 4.22. The summed E-state index contributed by atoms with van der Waals surface area (Å²) in [6.07, 6.45) is 5.71. The zero-order chi connectivity index (χ0) is 15.1. The van der Waals surface area contributed by atoms with Crippen molar-refractivity contribution in [2.45, 2.75) is 32.4 Å². The lowest BCUT2D eigenvalue weighted by atomic mass is 10.0. The van der Waals surface area contributed by atoms with E-state index in [2.05, 4.69) is 45.8 Å². The summed E-state index contributed by atoms with van der Waals surface area (Å²) in [5.41, 5.74) is 1.27. The number of nitrogens with zero attached hydrogens (tertiary/aromatic N) is 3. The first-order valence-corrected chi connectivity index (χ1v) is 7.56. The quantitative estimate of drug-likeness (QED) is 0.811. The van der Waals surface area contributed by atoms with Gasteiger partial charge in [0.25, 0.3) is 0 Å². The molecule has 0 aliphatic carbocycles. The normalized spacial score (nSPS) is 12.8. The first-order chi connectivity index (χ1) is 10.2. The van der Waals surface area contributed by atoms with Crippen molar-refractivity contribution in [3.63, 3.8) is 0 Å². The molecule has 1 aromatic heterocycles. The average Bonchev–Trinajstić information content (AvgIpc) is 2.91. The van der Waals surface area contributed by atoms with Crippen molar-refractivity contribution in [3.8, 4) is 0 Å². The molecule has 2 aromatic rings. The van der Waals surface area contributed by atoms with Crippen LogP contribution in [0, 0.1) is 6.92 Å². The molecular formula is C17H25N3O. The number of imidazole rings is 1. The van der Waals surface area contributed by atoms with Gasteiger partial charge in [-0.25, -0.2) is 4.98 Å². The summed E-state index contributed by atoms with van der Waals surface area (Å²) < 4.78 is 2.18. The van der Waals surface area contributed by atoms with Gasteiger partial charge in [0, 0.05) is 38.1 Å². The number of benzene rings is 1. The Bertz CT molecular complexity index is 524. The van der Waals surface area contributed by atoms with E-state index in [4.69, 9.17) is 0 Å².